The fraction of sp³-hybridized carbons (Fsp3) is 0.750. The number of alkyl halides is 3. The fourth-order valence-corrected chi connectivity index (χ4v) is 5.11. The molecule has 0 aromatic carbocycles. The number of sulfone groups is 1. The maximum Gasteiger partial charge on any atom is 0.451 e. The molecule has 0 unspecified atom stereocenters. The van der Waals surface area contributed by atoms with E-state index in [2.05, 4.69) is 10.2 Å². The molecule has 136 valence electrons. The Morgan fingerprint density at radius 3 is 2.50 bits per heavy atom. The van der Waals surface area contributed by atoms with Gasteiger partial charge in [-0.15, -0.1) is 10.2 Å². The van der Waals surface area contributed by atoms with E-state index >= 15 is 0 Å². The van der Waals surface area contributed by atoms with Gasteiger partial charge in [0.1, 0.15) is 0 Å². The topological polar surface area (TPSA) is 85.2 Å². The summed E-state index contributed by atoms with van der Waals surface area (Å²) in [6.45, 7) is 1.54. The van der Waals surface area contributed by atoms with Crippen molar-refractivity contribution in [2.75, 3.05) is 18.6 Å². The van der Waals surface area contributed by atoms with Gasteiger partial charge in [-0.3, -0.25) is 4.79 Å². The van der Waals surface area contributed by atoms with Gasteiger partial charge in [0.05, 0.1) is 16.8 Å². The van der Waals surface area contributed by atoms with Crippen LogP contribution in [0.25, 0.3) is 0 Å². The number of hydrogen-bond acceptors (Lipinski definition) is 6. The van der Waals surface area contributed by atoms with E-state index in [1.165, 1.54) is 25.9 Å². The Hall–Kier alpha value is -1.30. The molecular formula is C12H17F3N4O3S2. The lowest BCUT2D eigenvalue weighted by atomic mass is 10.2. The van der Waals surface area contributed by atoms with Gasteiger partial charge in [0, 0.05) is 20.1 Å². The highest BCUT2D eigenvalue weighted by atomic mass is 32.2. The molecule has 2 heterocycles. The molecule has 24 heavy (non-hydrogen) atoms. The fourth-order valence-electron chi connectivity index (χ4n) is 2.42. The molecule has 1 aromatic rings. The molecule has 0 N–H and O–H groups in total. The van der Waals surface area contributed by atoms with Crippen LogP contribution in [0, 0.1) is 0 Å². The molecule has 1 aliphatic heterocycles. The van der Waals surface area contributed by atoms with Gasteiger partial charge >= 0.3 is 6.18 Å². The van der Waals surface area contributed by atoms with Gasteiger partial charge in [0.25, 0.3) is 0 Å². The minimum atomic E-state index is -4.62. The molecule has 1 fully saturated rings. The van der Waals surface area contributed by atoms with Crippen molar-refractivity contribution < 1.29 is 26.4 Å². The van der Waals surface area contributed by atoms with Crippen LogP contribution >= 0.6 is 11.8 Å². The smallest absolute Gasteiger partial charge is 0.341 e. The first kappa shape index (κ1) is 19.0. The van der Waals surface area contributed by atoms with E-state index in [0.717, 1.165) is 16.3 Å². The lowest BCUT2D eigenvalue weighted by Crippen LogP contribution is -2.41. The molecule has 1 amide bonds. The van der Waals surface area contributed by atoms with Crippen LogP contribution in [0.5, 0.6) is 0 Å². The summed E-state index contributed by atoms with van der Waals surface area (Å²) < 4.78 is 61.9. The van der Waals surface area contributed by atoms with Gasteiger partial charge < -0.3 is 9.47 Å². The molecule has 1 aromatic heterocycles. The number of halogens is 3. The summed E-state index contributed by atoms with van der Waals surface area (Å²) in [6, 6.07) is -0.407. The average molecular weight is 386 g/mol. The molecule has 1 aliphatic rings. The van der Waals surface area contributed by atoms with Crippen molar-refractivity contribution in [1.29, 1.82) is 0 Å². The maximum atomic E-state index is 12.7. The van der Waals surface area contributed by atoms with Crippen LogP contribution < -0.4 is 0 Å². The van der Waals surface area contributed by atoms with Crippen LogP contribution in [0.1, 0.15) is 19.2 Å². The van der Waals surface area contributed by atoms with Crippen LogP contribution in [0.3, 0.4) is 0 Å². The maximum absolute atomic E-state index is 12.7. The summed E-state index contributed by atoms with van der Waals surface area (Å²) in [4.78, 5) is 13.7. The van der Waals surface area contributed by atoms with E-state index in [4.69, 9.17) is 0 Å². The van der Waals surface area contributed by atoms with Gasteiger partial charge in [0.15, 0.2) is 15.0 Å². The van der Waals surface area contributed by atoms with Crippen LogP contribution in [0.15, 0.2) is 5.16 Å². The quantitative estimate of drug-likeness (QED) is 0.717. The van der Waals surface area contributed by atoms with Crippen molar-refractivity contribution in [3.8, 4) is 0 Å². The van der Waals surface area contributed by atoms with E-state index in [1.54, 1.807) is 0 Å². The van der Waals surface area contributed by atoms with Gasteiger partial charge in [-0.05, 0) is 13.3 Å². The monoisotopic (exact) mass is 386 g/mol. The minimum Gasteiger partial charge on any atom is -0.341 e. The SMILES string of the molecule is C[C@H](Sc1nnc(C(F)(F)F)n1C)C(=O)N(C)[C@@H]1CCS(=O)(=O)C1. The second-order valence-electron chi connectivity index (χ2n) is 5.63. The number of nitrogens with zero attached hydrogens (tertiary/aromatic N) is 4. The molecule has 0 aliphatic carbocycles. The first-order valence-corrected chi connectivity index (χ1v) is 9.73. The molecule has 12 heteroatoms. The number of thioether (sulfide) groups is 1. The Morgan fingerprint density at radius 2 is 2.04 bits per heavy atom. The third kappa shape index (κ3) is 4.02. The second-order valence-corrected chi connectivity index (χ2v) is 9.17. The Labute approximate surface area is 141 Å². The lowest BCUT2D eigenvalue weighted by molar-refractivity contribution is -0.147. The standard InChI is InChI=1S/C12H17F3N4O3S2/c1-7(9(20)18(2)8-4-5-24(21,22)6-8)23-11-17-16-10(19(11)3)12(13,14)15/h7-8H,4-6H2,1-3H3/t7-,8+/m0/s1. The molecule has 2 rings (SSSR count). The number of hydrogen-bond donors (Lipinski definition) is 0. The summed E-state index contributed by atoms with van der Waals surface area (Å²) in [5.74, 6) is -1.55. The van der Waals surface area contributed by atoms with E-state index in [-0.39, 0.29) is 22.6 Å². The molecule has 2 atom stereocenters. The van der Waals surface area contributed by atoms with Crippen LogP contribution in [0.4, 0.5) is 13.2 Å². The Kier molecular flexibility index (Phi) is 5.19. The number of amides is 1. The number of aromatic nitrogens is 3. The van der Waals surface area contributed by atoms with Crippen molar-refractivity contribution >= 4 is 27.5 Å². The number of carbonyl (C=O) groups excluding carboxylic acids is 1. The molecule has 7 nitrogen and oxygen atoms in total. The normalized spacial score (nSPS) is 21.7. The van der Waals surface area contributed by atoms with Crippen molar-refractivity contribution in [2.24, 2.45) is 7.05 Å². The third-order valence-corrected chi connectivity index (χ3v) is 6.69. The molecule has 0 radical (unpaired) electrons. The number of rotatable bonds is 4. The molecule has 0 spiro atoms. The van der Waals surface area contributed by atoms with Crippen molar-refractivity contribution in [1.82, 2.24) is 19.7 Å². The van der Waals surface area contributed by atoms with Gasteiger partial charge in [-0.2, -0.15) is 13.2 Å². The van der Waals surface area contributed by atoms with Gasteiger partial charge in [-0.1, -0.05) is 11.8 Å². The highest BCUT2D eigenvalue weighted by Gasteiger charge is 2.38. The third-order valence-electron chi connectivity index (χ3n) is 3.82. The summed E-state index contributed by atoms with van der Waals surface area (Å²) in [7, 11) is -0.452. The van der Waals surface area contributed by atoms with E-state index < -0.39 is 33.1 Å². The highest BCUT2D eigenvalue weighted by molar-refractivity contribution is 8.00. The molecule has 1 saturated heterocycles. The summed E-state index contributed by atoms with van der Waals surface area (Å²) in [5.41, 5.74) is 0. The largest absolute Gasteiger partial charge is 0.451 e. The number of carbonyl (C=O) groups is 1. The van der Waals surface area contributed by atoms with Crippen LogP contribution in [0.2, 0.25) is 0 Å². The van der Waals surface area contributed by atoms with E-state index in [9.17, 15) is 26.4 Å². The predicted octanol–water partition coefficient (Wildman–Crippen LogP) is 0.960. The summed E-state index contributed by atoms with van der Waals surface area (Å²) in [6.07, 6.45) is -4.26. The van der Waals surface area contributed by atoms with Crippen LogP contribution in [-0.4, -0.2) is 63.8 Å². The zero-order chi connectivity index (χ0) is 18.3. The molecule has 0 saturated carbocycles. The van der Waals surface area contributed by atoms with E-state index in [0.29, 0.717) is 6.42 Å². The molecular weight excluding hydrogens is 369 g/mol. The second kappa shape index (κ2) is 6.54. The highest BCUT2D eigenvalue weighted by Crippen LogP contribution is 2.31. The minimum absolute atomic E-state index is 0.0318. The lowest BCUT2D eigenvalue weighted by Gasteiger charge is -2.26. The Bertz CT molecular complexity index is 732. The average Bonchev–Trinajstić information content (AvgIpc) is 3.00. The first-order chi connectivity index (χ1) is 10.9. The van der Waals surface area contributed by atoms with Crippen molar-refractivity contribution in [3.63, 3.8) is 0 Å². The Balaban J connectivity index is 2.06. The van der Waals surface area contributed by atoms with Crippen molar-refractivity contribution in [2.45, 2.75) is 36.0 Å². The first-order valence-electron chi connectivity index (χ1n) is 7.02. The van der Waals surface area contributed by atoms with Crippen molar-refractivity contribution in [3.05, 3.63) is 5.82 Å². The Morgan fingerprint density at radius 1 is 1.42 bits per heavy atom. The summed E-state index contributed by atoms with van der Waals surface area (Å²) in [5, 5.41) is 5.83. The predicted molar refractivity (Wildman–Crippen MR) is 81.2 cm³/mol. The zero-order valence-electron chi connectivity index (χ0n) is 13.2. The van der Waals surface area contributed by atoms with E-state index in [1.807, 2.05) is 0 Å². The zero-order valence-corrected chi connectivity index (χ0v) is 14.9. The summed E-state index contributed by atoms with van der Waals surface area (Å²) >= 11 is 0.851. The molecule has 0 bridgehead atoms. The van der Waals surface area contributed by atoms with Crippen LogP contribution in [-0.2, 0) is 27.9 Å². The van der Waals surface area contributed by atoms with Gasteiger partial charge in [0.2, 0.25) is 11.7 Å². The van der Waals surface area contributed by atoms with Gasteiger partial charge in [-0.25, -0.2) is 8.42 Å².